The average molecular weight is 374 g/mol. The van der Waals surface area contributed by atoms with Crippen molar-refractivity contribution in [3.63, 3.8) is 0 Å². The zero-order valence-corrected chi connectivity index (χ0v) is 14.6. The van der Waals surface area contributed by atoms with E-state index in [4.69, 9.17) is 4.74 Å². The second-order valence-corrected chi connectivity index (χ2v) is 5.52. The van der Waals surface area contributed by atoms with Crippen LogP contribution < -0.4 is 0 Å². The molecular weight excluding hydrogens is 357 g/mol. The minimum absolute atomic E-state index is 0.0573. The Labute approximate surface area is 147 Å². The molecule has 0 amide bonds. The molecule has 0 spiro atoms. The largest absolute Gasteiger partial charge is 0.462 e. The minimum Gasteiger partial charge on any atom is -0.462 e. The Kier molecular flexibility index (Phi) is 6.87. The van der Waals surface area contributed by atoms with Crippen LogP contribution in [0.5, 0.6) is 0 Å². The lowest BCUT2D eigenvalue weighted by Gasteiger charge is -2.13. The van der Waals surface area contributed by atoms with Gasteiger partial charge in [-0.25, -0.2) is 13.6 Å². The fourth-order valence-electron chi connectivity index (χ4n) is 2.01. The number of hydrogen-bond donors (Lipinski definition) is 0. The quantitative estimate of drug-likeness (QED) is 0.107. The van der Waals surface area contributed by atoms with Gasteiger partial charge in [0.1, 0.15) is 17.0 Å². The van der Waals surface area contributed by atoms with E-state index in [2.05, 4.69) is 0 Å². The maximum Gasteiger partial charge on any atom is 0.343 e. The van der Waals surface area contributed by atoms with Crippen LogP contribution in [0.4, 0.5) is 18.9 Å². The topological polar surface area (TPSA) is 89.8 Å². The molecule has 1 rings (SSSR count). The summed E-state index contributed by atoms with van der Waals surface area (Å²) in [7, 11) is 2.86. The number of nitro groups is 1. The van der Waals surface area contributed by atoms with Gasteiger partial charge in [-0.2, -0.15) is 4.39 Å². The van der Waals surface area contributed by atoms with Crippen molar-refractivity contribution in [2.75, 3.05) is 20.7 Å². The van der Waals surface area contributed by atoms with E-state index in [-0.39, 0.29) is 6.61 Å². The molecule has 1 aromatic rings. The first-order valence-electron chi connectivity index (χ1n) is 7.46. The summed E-state index contributed by atoms with van der Waals surface area (Å²) in [4.78, 5) is 35.6. The highest BCUT2D eigenvalue weighted by Crippen LogP contribution is 2.32. The molecule has 7 nitrogen and oxygen atoms in total. The first-order chi connectivity index (χ1) is 12.0. The summed E-state index contributed by atoms with van der Waals surface area (Å²) in [6, 6.07) is 0. The molecule has 10 heteroatoms. The number of nitrogens with zero attached hydrogens (tertiary/aromatic N) is 2. The zero-order valence-electron chi connectivity index (χ0n) is 14.6. The molecular formula is C16H17F3N2O5. The Morgan fingerprint density at radius 2 is 1.77 bits per heavy atom. The Morgan fingerprint density at radius 3 is 2.23 bits per heavy atom. The molecule has 0 radical (unpaired) electrons. The monoisotopic (exact) mass is 374 g/mol. The highest BCUT2D eigenvalue weighted by molar-refractivity contribution is 6.25. The minimum atomic E-state index is -1.98. The Hall–Kier alpha value is -2.91. The lowest BCUT2D eigenvalue weighted by molar-refractivity contribution is -0.388. The van der Waals surface area contributed by atoms with E-state index in [1.807, 2.05) is 0 Å². The van der Waals surface area contributed by atoms with E-state index >= 15 is 0 Å². The van der Waals surface area contributed by atoms with Crippen molar-refractivity contribution in [3.05, 3.63) is 50.5 Å². The number of carbonyl (C=O) groups is 2. The van der Waals surface area contributed by atoms with E-state index in [9.17, 15) is 32.9 Å². The second-order valence-electron chi connectivity index (χ2n) is 5.52. The molecule has 0 fully saturated rings. The van der Waals surface area contributed by atoms with Crippen molar-refractivity contribution in [2.24, 2.45) is 0 Å². The van der Waals surface area contributed by atoms with Crippen molar-refractivity contribution in [3.8, 4) is 0 Å². The lowest BCUT2D eigenvalue weighted by Crippen LogP contribution is -2.22. The molecule has 0 bridgehead atoms. The highest BCUT2D eigenvalue weighted by Gasteiger charge is 2.37. The predicted octanol–water partition coefficient (Wildman–Crippen LogP) is 2.90. The molecule has 0 aliphatic rings. The molecule has 0 N–H and O–H groups in total. The average Bonchev–Trinajstić information content (AvgIpc) is 2.57. The molecule has 0 saturated heterocycles. The Balaban J connectivity index is 3.68. The maximum atomic E-state index is 14.4. The number of ether oxygens (including phenoxy) is 1. The maximum absolute atomic E-state index is 14.4. The Bertz CT molecular complexity index is 791. The van der Waals surface area contributed by atoms with Crippen LogP contribution >= 0.6 is 0 Å². The number of carbonyl (C=O) groups excluding carboxylic acids is 2. The van der Waals surface area contributed by atoms with Crippen LogP contribution in [0.25, 0.3) is 0 Å². The van der Waals surface area contributed by atoms with Gasteiger partial charge in [0.2, 0.25) is 11.6 Å². The first kappa shape index (κ1) is 21.1. The molecule has 0 aromatic heterocycles. The number of rotatable bonds is 7. The number of ketones is 1. The number of nitro benzene ring substituents is 1. The van der Waals surface area contributed by atoms with Gasteiger partial charge in [-0.05, 0) is 13.3 Å². The van der Waals surface area contributed by atoms with Gasteiger partial charge in [0.25, 0.3) is 0 Å². The zero-order chi connectivity index (χ0) is 20.2. The van der Waals surface area contributed by atoms with E-state index in [1.54, 1.807) is 6.92 Å². The van der Waals surface area contributed by atoms with Crippen LogP contribution in [0.3, 0.4) is 0 Å². The van der Waals surface area contributed by atoms with Crippen LogP contribution in [0.1, 0.15) is 29.3 Å². The van der Waals surface area contributed by atoms with Crippen LogP contribution in [0, 0.1) is 34.5 Å². The number of halogens is 3. The highest BCUT2D eigenvalue weighted by atomic mass is 19.2. The summed E-state index contributed by atoms with van der Waals surface area (Å²) in [5, 5.41) is 11.1. The van der Waals surface area contributed by atoms with Crippen LogP contribution in [0.2, 0.25) is 0 Å². The predicted molar refractivity (Wildman–Crippen MR) is 85.1 cm³/mol. The van der Waals surface area contributed by atoms with Gasteiger partial charge in [-0.3, -0.25) is 14.9 Å². The van der Waals surface area contributed by atoms with Crippen LogP contribution in [-0.4, -0.2) is 42.3 Å². The van der Waals surface area contributed by atoms with Gasteiger partial charge in [0, 0.05) is 25.9 Å². The summed E-state index contributed by atoms with van der Waals surface area (Å²) in [6.07, 6.45) is 1.38. The van der Waals surface area contributed by atoms with E-state index in [0.717, 1.165) is 13.1 Å². The molecule has 1 aromatic carbocycles. The third-order valence-electron chi connectivity index (χ3n) is 3.21. The molecule has 142 valence electrons. The van der Waals surface area contributed by atoms with Gasteiger partial charge in [0.15, 0.2) is 5.82 Å². The Morgan fingerprint density at radius 1 is 1.19 bits per heavy atom. The van der Waals surface area contributed by atoms with Gasteiger partial charge >= 0.3 is 11.7 Å². The summed E-state index contributed by atoms with van der Waals surface area (Å²) in [6.45, 7) is 2.45. The molecule has 0 aliphatic heterocycles. The number of Topliss-reactive ketones (excluding diaryl/α,β-unsaturated/α-hetero) is 1. The van der Waals surface area contributed by atoms with Gasteiger partial charge in [0.05, 0.1) is 11.5 Å². The van der Waals surface area contributed by atoms with Crippen molar-refractivity contribution in [2.45, 2.75) is 20.3 Å². The van der Waals surface area contributed by atoms with Gasteiger partial charge in [-0.1, -0.05) is 6.92 Å². The molecule has 0 saturated carbocycles. The van der Waals surface area contributed by atoms with Crippen molar-refractivity contribution in [1.82, 2.24) is 4.90 Å². The van der Waals surface area contributed by atoms with Crippen LogP contribution in [-0.2, 0) is 9.53 Å². The fourth-order valence-corrected chi connectivity index (χ4v) is 2.01. The molecule has 0 heterocycles. The number of hydrogen-bond acceptors (Lipinski definition) is 6. The van der Waals surface area contributed by atoms with Gasteiger partial charge in [-0.15, -0.1) is 0 Å². The summed E-state index contributed by atoms with van der Waals surface area (Å²) < 4.78 is 46.8. The summed E-state index contributed by atoms with van der Waals surface area (Å²) in [5.74, 6) is -8.03. The van der Waals surface area contributed by atoms with Crippen molar-refractivity contribution < 1.29 is 32.4 Å². The van der Waals surface area contributed by atoms with E-state index in [0.29, 0.717) is 6.42 Å². The van der Waals surface area contributed by atoms with Crippen molar-refractivity contribution in [1.29, 1.82) is 0 Å². The van der Waals surface area contributed by atoms with E-state index < -0.39 is 56.5 Å². The summed E-state index contributed by atoms with van der Waals surface area (Å²) >= 11 is 0. The first-order valence-corrected chi connectivity index (χ1v) is 7.46. The summed E-state index contributed by atoms with van der Waals surface area (Å²) in [5.41, 5.74) is -4.69. The van der Waals surface area contributed by atoms with Gasteiger partial charge < -0.3 is 9.64 Å². The lowest BCUT2D eigenvalue weighted by atomic mass is 9.98. The van der Waals surface area contributed by atoms with Crippen LogP contribution in [0.15, 0.2) is 11.8 Å². The molecule has 0 aliphatic carbocycles. The smallest absolute Gasteiger partial charge is 0.343 e. The third kappa shape index (κ3) is 4.19. The molecule has 0 atom stereocenters. The second kappa shape index (κ2) is 8.45. The third-order valence-corrected chi connectivity index (χ3v) is 3.21. The number of benzene rings is 1. The van der Waals surface area contributed by atoms with Crippen molar-refractivity contribution >= 4 is 17.4 Å². The molecule has 26 heavy (non-hydrogen) atoms. The van der Waals surface area contributed by atoms with E-state index in [1.165, 1.54) is 19.0 Å². The number of esters is 1. The SMILES string of the molecule is CCCOC(=O)C(=CN(C)C)C(=O)c1c(F)c(C)c(F)c(F)c1[N+](=O)[O-]. The molecule has 0 unspecified atom stereocenters. The fraction of sp³-hybridized carbons (Fsp3) is 0.375. The standard InChI is InChI=1S/C16H17F3N2O5/c1-5-6-26-16(23)9(7-20(3)4)15(22)10-11(17)8(2)12(18)13(19)14(10)21(24)25/h7H,5-6H2,1-4H3. The normalized spacial score (nSPS) is 11.3.